The van der Waals surface area contributed by atoms with E-state index in [-0.39, 0.29) is 34.6 Å². The summed E-state index contributed by atoms with van der Waals surface area (Å²) in [6.07, 6.45) is 0.663. The molecule has 8 nitrogen and oxygen atoms in total. The van der Waals surface area contributed by atoms with E-state index in [4.69, 9.17) is 9.47 Å². The van der Waals surface area contributed by atoms with Gasteiger partial charge in [0, 0.05) is 12.2 Å². The molecule has 2 rings (SSSR count). The van der Waals surface area contributed by atoms with Crippen molar-refractivity contribution in [2.24, 2.45) is 0 Å². The number of ether oxygens (including phenoxy) is 2. The van der Waals surface area contributed by atoms with E-state index in [0.29, 0.717) is 29.8 Å². The van der Waals surface area contributed by atoms with Crippen LogP contribution in [0.2, 0.25) is 0 Å². The highest BCUT2D eigenvalue weighted by Crippen LogP contribution is 2.35. The first-order chi connectivity index (χ1) is 13.8. The zero-order valence-corrected chi connectivity index (χ0v) is 18.5. The fourth-order valence-electron chi connectivity index (χ4n) is 3.00. The van der Waals surface area contributed by atoms with Gasteiger partial charge in [-0.2, -0.15) is 5.10 Å². The third-order valence-corrected chi connectivity index (χ3v) is 5.57. The topological polar surface area (TPSA) is 99.5 Å². The number of hydrogen-bond donors (Lipinski definition) is 1. The number of anilines is 1. The zero-order chi connectivity index (χ0) is 21.7. The van der Waals surface area contributed by atoms with Crippen molar-refractivity contribution < 1.29 is 23.9 Å². The fourth-order valence-corrected chi connectivity index (χ4v) is 4.09. The Labute approximate surface area is 174 Å². The van der Waals surface area contributed by atoms with Crippen molar-refractivity contribution in [2.75, 3.05) is 18.5 Å². The average molecular weight is 422 g/mol. The molecule has 0 radical (unpaired) electrons. The number of nitrogens with one attached hydrogen (secondary N) is 1. The van der Waals surface area contributed by atoms with Crippen LogP contribution in [0, 0.1) is 20.8 Å². The predicted octanol–water partition coefficient (Wildman–Crippen LogP) is 3.89. The number of nitrogens with zero attached hydrogens (tertiary/aromatic N) is 2. The Morgan fingerprint density at radius 3 is 2.28 bits per heavy atom. The van der Waals surface area contributed by atoms with Crippen molar-refractivity contribution >= 4 is 34.2 Å². The summed E-state index contributed by atoms with van der Waals surface area (Å²) in [5.41, 5.74) is 2.39. The molecule has 0 saturated heterocycles. The van der Waals surface area contributed by atoms with Crippen LogP contribution in [0.5, 0.6) is 0 Å². The maximum Gasteiger partial charge on any atom is 0.348 e. The van der Waals surface area contributed by atoms with Crippen LogP contribution in [0.1, 0.15) is 74.5 Å². The number of thiophene rings is 1. The van der Waals surface area contributed by atoms with Crippen molar-refractivity contribution in [1.82, 2.24) is 9.78 Å². The van der Waals surface area contributed by atoms with E-state index in [1.807, 2.05) is 20.8 Å². The van der Waals surface area contributed by atoms with Gasteiger partial charge < -0.3 is 14.8 Å². The van der Waals surface area contributed by atoms with Gasteiger partial charge in [0.2, 0.25) is 0 Å². The number of esters is 2. The van der Waals surface area contributed by atoms with Crippen LogP contribution in [0.25, 0.3) is 0 Å². The molecule has 0 unspecified atom stereocenters. The summed E-state index contributed by atoms with van der Waals surface area (Å²) >= 11 is 1.01. The first-order valence-electron chi connectivity index (χ1n) is 9.59. The molecule has 9 heteroatoms. The highest BCUT2D eigenvalue weighted by molar-refractivity contribution is 7.18. The number of aromatic nitrogens is 2. The summed E-state index contributed by atoms with van der Waals surface area (Å²) in [6.45, 7) is 11.9. The lowest BCUT2D eigenvalue weighted by atomic mass is 10.1. The largest absolute Gasteiger partial charge is 0.462 e. The second-order valence-corrected chi connectivity index (χ2v) is 7.45. The van der Waals surface area contributed by atoms with Crippen LogP contribution < -0.4 is 5.32 Å². The van der Waals surface area contributed by atoms with Crippen LogP contribution in [-0.4, -0.2) is 40.8 Å². The Morgan fingerprint density at radius 2 is 1.72 bits per heavy atom. The van der Waals surface area contributed by atoms with Crippen molar-refractivity contribution in [3.8, 4) is 0 Å². The van der Waals surface area contributed by atoms with E-state index in [9.17, 15) is 14.4 Å². The number of hydrogen-bond acceptors (Lipinski definition) is 7. The van der Waals surface area contributed by atoms with Crippen molar-refractivity contribution in [3.63, 3.8) is 0 Å². The van der Waals surface area contributed by atoms with Crippen molar-refractivity contribution in [3.05, 3.63) is 33.0 Å². The summed E-state index contributed by atoms with van der Waals surface area (Å²) in [4.78, 5) is 38.1. The minimum Gasteiger partial charge on any atom is -0.462 e. The molecule has 0 atom stereocenters. The third kappa shape index (κ3) is 4.67. The molecule has 0 aliphatic rings. The van der Waals surface area contributed by atoms with E-state index in [1.165, 1.54) is 0 Å². The number of carbonyl (C=O) groups is 3. The number of rotatable bonds is 8. The number of aryl methyl sites for hydroxylation is 2. The summed E-state index contributed by atoms with van der Waals surface area (Å²) in [7, 11) is 0. The average Bonchev–Trinajstić information content (AvgIpc) is 3.15. The second kappa shape index (κ2) is 9.69. The normalized spacial score (nSPS) is 10.7. The molecule has 2 aromatic rings. The van der Waals surface area contributed by atoms with Gasteiger partial charge >= 0.3 is 11.9 Å². The van der Waals surface area contributed by atoms with E-state index in [0.717, 1.165) is 17.0 Å². The van der Waals surface area contributed by atoms with Gasteiger partial charge in [-0.05, 0) is 46.6 Å². The molecule has 0 aliphatic carbocycles. The highest BCUT2D eigenvalue weighted by atomic mass is 32.1. The van der Waals surface area contributed by atoms with E-state index in [1.54, 1.807) is 25.5 Å². The monoisotopic (exact) mass is 421 g/mol. The lowest BCUT2D eigenvalue weighted by Gasteiger charge is -2.08. The van der Waals surface area contributed by atoms with Crippen LogP contribution in [0.4, 0.5) is 5.00 Å². The molecule has 0 fully saturated rings. The molecule has 0 saturated carbocycles. The van der Waals surface area contributed by atoms with Gasteiger partial charge in [0.25, 0.3) is 5.91 Å². The Kier molecular flexibility index (Phi) is 7.55. The summed E-state index contributed by atoms with van der Waals surface area (Å²) < 4.78 is 12.1. The van der Waals surface area contributed by atoms with Crippen molar-refractivity contribution in [2.45, 2.75) is 54.5 Å². The molecule has 2 heterocycles. The van der Waals surface area contributed by atoms with Crippen molar-refractivity contribution in [1.29, 1.82) is 0 Å². The maximum atomic E-state index is 13.0. The summed E-state index contributed by atoms with van der Waals surface area (Å²) in [5.74, 6) is -1.50. The molecular weight excluding hydrogens is 394 g/mol. The standard InChI is InChI=1S/C20H27N3O5S/c1-7-10-28-19(25)14-11(4)16(20(26)27-9-3)29-18(14)21-17(24)15-12(5)22-23(8-2)13(15)6/h7-10H2,1-6H3,(H,21,24). The third-order valence-electron chi connectivity index (χ3n) is 4.38. The van der Waals surface area contributed by atoms with Crippen LogP contribution in [0.3, 0.4) is 0 Å². The van der Waals surface area contributed by atoms with Gasteiger partial charge in [0.1, 0.15) is 9.88 Å². The Bertz CT molecular complexity index is 929. The molecule has 1 N–H and O–H groups in total. The molecule has 0 aromatic carbocycles. The van der Waals surface area contributed by atoms with Crippen LogP contribution in [0.15, 0.2) is 0 Å². The maximum absolute atomic E-state index is 13.0. The Balaban J connectivity index is 2.46. The van der Waals surface area contributed by atoms with E-state index in [2.05, 4.69) is 10.4 Å². The Hall–Kier alpha value is -2.68. The molecule has 2 aromatic heterocycles. The fraction of sp³-hybridized carbons (Fsp3) is 0.500. The van der Waals surface area contributed by atoms with E-state index < -0.39 is 11.9 Å². The van der Waals surface area contributed by atoms with Gasteiger partial charge in [0.15, 0.2) is 0 Å². The SMILES string of the molecule is CCCOC(=O)c1c(NC(=O)c2c(C)nn(CC)c2C)sc(C(=O)OCC)c1C. The quantitative estimate of drug-likeness (QED) is 0.649. The lowest BCUT2D eigenvalue weighted by molar-refractivity contribution is 0.0506. The second-order valence-electron chi connectivity index (χ2n) is 6.43. The van der Waals surface area contributed by atoms with Gasteiger partial charge in [-0.25, -0.2) is 9.59 Å². The molecular formula is C20H27N3O5S. The van der Waals surface area contributed by atoms with E-state index >= 15 is 0 Å². The summed E-state index contributed by atoms with van der Waals surface area (Å²) in [6, 6.07) is 0. The van der Waals surface area contributed by atoms with Gasteiger partial charge in [-0.3, -0.25) is 9.48 Å². The molecule has 29 heavy (non-hydrogen) atoms. The lowest BCUT2D eigenvalue weighted by Crippen LogP contribution is -2.16. The first-order valence-corrected chi connectivity index (χ1v) is 10.4. The van der Waals surface area contributed by atoms with Gasteiger partial charge in [0.05, 0.1) is 30.0 Å². The molecule has 0 spiro atoms. The minimum absolute atomic E-state index is 0.179. The van der Waals surface area contributed by atoms with Crippen LogP contribution in [-0.2, 0) is 16.0 Å². The highest BCUT2D eigenvalue weighted by Gasteiger charge is 2.28. The zero-order valence-electron chi connectivity index (χ0n) is 17.7. The Morgan fingerprint density at radius 1 is 1.03 bits per heavy atom. The minimum atomic E-state index is -0.579. The molecule has 158 valence electrons. The van der Waals surface area contributed by atoms with Crippen LogP contribution >= 0.6 is 11.3 Å². The predicted molar refractivity (Wildman–Crippen MR) is 111 cm³/mol. The number of amides is 1. The van der Waals surface area contributed by atoms with Gasteiger partial charge in [-0.15, -0.1) is 11.3 Å². The summed E-state index contributed by atoms with van der Waals surface area (Å²) in [5, 5.41) is 7.40. The molecule has 0 bridgehead atoms. The first kappa shape index (κ1) is 22.6. The molecule has 0 aliphatic heterocycles. The smallest absolute Gasteiger partial charge is 0.348 e. The van der Waals surface area contributed by atoms with Gasteiger partial charge in [-0.1, -0.05) is 6.92 Å². The molecule has 1 amide bonds. The number of carbonyl (C=O) groups excluding carboxylic acids is 3.